The maximum absolute atomic E-state index is 12.1. The van der Waals surface area contributed by atoms with Crippen molar-refractivity contribution in [2.75, 3.05) is 45.8 Å². The van der Waals surface area contributed by atoms with E-state index in [1.807, 2.05) is 13.8 Å². The molecule has 11 heteroatoms. The maximum atomic E-state index is 12.1. The number of ether oxygens (including phenoxy) is 4. The number of amides is 2. The van der Waals surface area contributed by atoms with E-state index in [1.54, 1.807) is 41.5 Å². The number of hydrogen-bond donors (Lipinski definition) is 0. The average molecular weight is 486 g/mol. The van der Waals surface area contributed by atoms with Crippen molar-refractivity contribution < 1.29 is 41.1 Å². The Morgan fingerprint density at radius 2 is 1.12 bits per heavy atom. The Balaban J connectivity index is 0. The van der Waals surface area contributed by atoms with Crippen LogP contribution in [-0.2, 0) is 33.2 Å². The lowest BCUT2D eigenvalue weighted by Gasteiger charge is -2.28. The highest BCUT2D eigenvalue weighted by Gasteiger charge is 2.30. The van der Waals surface area contributed by atoms with Crippen LogP contribution < -0.4 is 0 Å². The minimum absolute atomic E-state index is 0.101. The molecular formula is C21H43NO9S. The lowest BCUT2D eigenvalue weighted by Crippen LogP contribution is -2.45. The van der Waals surface area contributed by atoms with E-state index in [9.17, 15) is 18.0 Å². The molecule has 0 bridgehead atoms. The first kappa shape index (κ1) is 32.7. The summed E-state index contributed by atoms with van der Waals surface area (Å²) in [5, 5.41) is 0. The van der Waals surface area contributed by atoms with Gasteiger partial charge in [0.1, 0.15) is 11.2 Å². The summed E-state index contributed by atoms with van der Waals surface area (Å²) in [6.45, 7) is 16.4. The molecule has 0 aromatic heterocycles. The van der Waals surface area contributed by atoms with Crippen molar-refractivity contribution in [3.63, 3.8) is 0 Å². The number of carbonyl (C=O) groups is 2. The predicted octanol–water partition coefficient (Wildman–Crippen LogP) is 3.97. The lowest BCUT2D eigenvalue weighted by atomic mass is 10.2. The zero-order chi connectivity index (χ0) is 25.4. The quantitative estimate of drug-likeness (QED) is 0.316. The van der Waals surface area contributed by atoms with Gasteiger partial charge in [0.2, 0.25) is 0 Å². The molecule has 10 nitrogen and oxygen atoms in total. The van der Waals surface area contributed by atoms with Crippen LogP contribution >= 0.6 is 0 Å². The minimum Gasteiger partial charge on any atom is -0.443 e. The molecule has 0 aliphatic carbocycles. The highest BCUT2D eigenvalue weighted by molar-refractivity contribution is 7.85. The third-order valence-corrected chi connectivity index (χ3v) is 3.50. The fraction of sp³-hybridized carbons (Fsp3) is 0.905. The molecule has 0 aliphatic heterocycles. The molecule has 0 N–H and O–H groups in total. The van der Waals surface area contributed by atoms with Crippen LogP contribution in [-0.4, -0.2) is 82.5 Å². The molecule has 0 heterocycles. The highest BCUT2D eigenvalue weighted by atomic mass is 32.2. The standard InChI is InChI=1S/C15H29NO5.C6H14O4S/c1-8-10-19-11-9-16(12(17)20-14(2,3)4)13(18)21-15(5,6)7;1-3-4-9-5-6-10-11(2,7)8/h8-11H2,1-7H3;3-6H2,1-2H3. The first-order valence-corrected chi connectivity index (χ1v) is 12.6. The van der Waals surface area contributed by atoms with Gasteiger partial charge in [-0.05, 0) is 54.4 Å². The molecule has 0 spiro atoms. The molecule has 0 unspecified atom stereocenters. The second-order valence-electron chi connectivity index (χ2n) is 8.86. The van der Waals surface area contributed by atoms with Gasteiger partial charge in [0.25, 0.3) is 10.1 Å². The van der Waals surface area contributed by atoms with Crippen LogP contribution in [0.3, 0.4) is 0 Å². The Hall–Kier alpha value is -1.43. The van der Waals surface area contributed by atoms with Crippen LogP contribution in [0.25, 0.3) is 0 Å². The van der Waals surface area contributed by atoms with Gasteiger partial charge in [-0.2, -0.15) is 8.42 Å². The van der Waals surface area contributed by atoms with E-state index in [0.29, 0.717) is 19.8 Å². The SMILES string of the molecule is CCCOCCN(C(=O)OC(C)(C)C)C(=O)OC(C)(C)C.CCCOCCOS(C)(=O)=O. The van der Waals surface area contributed by atoms with Crippen molar-refractivity contribution in [3.8, 4) is 0 Å². The predicted molar refractivity (Wildman–Crippen MR) is 122 cm³/mol. The van der Waals surface area contributed by atoms with Gasteiger partial charge in [-0.3, -0.25) is 4.18 Å². The molecule has 0 fully saturated rings. The summed E-state index contributed by atoms with van der Waals surface area (Å²) in [7, 11) is -3.29. The van der Waals surface area contributed by atoms with Gasteiger partial charge in [-0.1, -0.05) is 13.8 Å². The molecule has 0 saturated carbocycles. The number of imide groups is 1. The molecule has 192 valence electrons. The van der Waals surface area contributed by atoms with E-state index < -0.39 is 33.5 Å². The largest absolute Gasteiger partial charge is 0.443 e. The Kier molecular flexibility index (Phi) is 16.6. The van der Waals surface area contributed by atoms with Crippen LogP contribution in [0.2, 0.25) is 0 Å². The number of hydrogen-bond acceptors (Lipinski definition) is 9. The van der Waals surface area contributed by atoms with Gasteiger partial charge < -0.3 is 18.9 Å². The molecule has 0 atom stereocenters. The first-order chi connectivity index (χ1) is 14.5. The zero-order valence-electron chi connectivity index (χ0n) is 21.2. The summed E-state index contributed by atoms with van der Waals surface area (Å²) in [6.07, 6.45) is 1.37. The number of nitrogens with zero attached hydrogens (tertiary/aromatic N) is 1. The summed E-state index contributed by atoms with van der Waals surface area (Å²) in [5.74, 6) is 0. The molecular weight excluding hydrogens is 442 g/mol. The van der Waals surface area contributed by atoms with E-state index in [1.165, 1.54) is 0 Å². The molecule has 0 aromatic rings. The van der Waals surface area contributed by atoms with Gasteiger partial charge in [0.05, 0.1) is 32.6 Å². The van der Waals surface area contributed by atoms with Crippen molar-refractivity contribution in [3.05, 3.63) is 0 Å². The van der Waals surface area contributed by atoms with Crippen LogP contribution in [0.5, 0.6) is 0 Å². The molecule has 0 aliphatic rings. The zero-order valence-corrected chi connectivity index (χ0v) is 22.0. The second kappa shape index (κ2) is 16.2. The molecule has 2 amide bonds. The molecule has 32 heavy (non-hydrogen) atoms. The molecule has 0 radical (unpaired) electrons. The van der Waals surface area contributed by atoms with Crippen LogP contribution in [0, 0.1) is 0 Å². The Morgan fingerprint density at radius 1 is 0.719 bits per heavy atom. The van der Waals surface area contributed by atoms with Crippen molar-refractivity contribution in [2.24, 2.45) is 0 Å². The van der Waals surface area contributed by atoms with Crippen LogP contribution in [0.4, 0.5) is 9.59 Å². The third kappa shape index (κ3) is 23.2. The fourth-order valence-corrected chi connectivity index (χ4v) is 2.15. The van der Waals surface area contributed by atoms with E-state index in [2.05, 4.69) is 4.18 Å². The van der Waals surface area contributed by atoms with Crippen molar-refractivity contribution in [2.45, 2.75) is 79.4 Å². The van der Waals surface area contributed by atoms with Gasteiger partial charge in [0, 0.05) is 13.2 Å². The van der Waals surface area contributed by atoms with Gasteiger partial charge in [-0.25, -0.2) is 14.5 Å². The van der Waals surface area contributed by atoms with Gasteiger partial charge in [-0.15, -0.1) is 0 Å². The van der Waals surface area contributed by atoms with E-state index in [4.69, 9.17) is 18.9 Å². The molecule has 0 saturated heterocycles. The highest BCUT2D eigenvalue weighted by Crippen LogP contribution is 2.14. The van der Waals surface area contributed by atoms with Crippen LogP contribution in [0.1, 0.15) is 68.2 Å². The van der Waals surface area contributed by atoms with Crippen molar-refractivity contribution in [1.29, 1.82) is 0 Å². The van der Waals surface area contributed by atoms with E-state index in [-0.39, 0.29) is 19.8 Å². The lowest BCUT2D eigenvalue weighted by molar-refractivity contribution is -0.00459. The van der Waals surface area contributed by atoms with Crippen molar-refractivity contribution >= 4 is 22.3 Å². The topological polar surface area (TPSA) is 118 Å². The average Bonchev–Trinajstić information content (AvgIpc) is 2.58. The van der Waals surface area contributed by atoms with Gasteiger partial charge in [0.15, 0.2) is 0 Å². The van der Waals surface area contributed by atoms with E-state index >= 15 is 0 Å². The third-order valence-electron chi connectivity index (χ3n) is 2.91. The van der Waals surface area contributed by atoms with Crippen molar-refractivity contribution in [1.82, 2.24) is 4.90 Å². The minimum atomic E-state index is -3.29. The Morgan fingerprint density at radius 3 is 1.47 bits per heavy atom. The second-order valence-corrected chi connectivity index (χ2v) is 10.5. The molecule has 0 rings (SSSR count). The fourth-order valence-electron chi connectivity index (χ4n) is 1.78. The maximum Gasteiger partial charge on any atom is 0.419 e. The normalized spacial score (nSPS) is 11.9. The summed E-state index contributed by atoms with van der Waals surface area (Å²) < 4.78 is 45.9. The first-order valence-electron chi connectivity index (χ1n) is 10.8. The summed E-state index contributed by atoms with van der Waals surface area (Å²) in [6, 6.07) is 0. The summed E-state index contributed by atoms with van der Waals surface area (Å²) in [4.78, 5) is 25.1. The number of carbonyl (C=O) groups excluding carboxylic acids is 2. The number of rotatable bonds is 11. The smallest absolute Gasteiger partial charge is 0.419 e. The summed E-state index contributed by atoms with van der Waals surface area (Å²) in [5.41, 5.74) is -1.36. The Bertz CT molecular complexity index is 594. The van der Waals surface area contributed by atoms with Crippen LogP contribution in [0.15, 0.2) is 0 Å². The molecule has 0 aromatic carbocycles. The van der Waals surface area contributed by atoms with E-state index in [0.717, 1.165) is 24.0 Å². The summed E-state index contributed by atoms with van der Waals surface area (Å²) >= 11 is 0. The Labute approximate surface area is 194 Å². The monoisotopic (exact) mass is 485 g/mol. The van der Waals surface area contributed by atoms with Gasteiger partial charge >= 0.3 is 12.2 Å².